The van der Waals surface area contributed by atoms with Crippen molar-refractivity contribution in [2.45, 2.75) is 116 Å². The minimum absolute atomic E-state index is 0.342. The predicted molar refractivity (Wildman–Crippen MR) is 245 cm³/mol. The molecule has 0 unspecified atom stereocenters. The van der Waals surface area contributed by atoms with Crippen LogP contribution in [0.4, 0.5) is 0 Å². The minimum Gasteiger partial charge on any atom is -0.507 e. The lowest BCUT2D eigenvalue weighted by atomic mass is 9.76. The number of para-hydroxylation sites is 3. The molecule has 4 aliphatic rings. The van der Waals surface area contributed by atoms with Crippen LogP contribution in [-0.2, 0) is 51.4 Å². The number of ether oxygens (including phenoxy) is 2. The fourth-order valence-electron chi connectivity index (χ4n) is 11.1. The first-order valence-electron chi connectivity index (χ1n) is 23.0. The van der Waals surface area contributed by atoms with Crippen LogP contribution in [0.25, 0.3) is 44.5 Å². The third-order valence-electron chi connectivity index (χ3n) is 13.9. The number of phenols is 2. The molecule has 60 heavy (non-hydrogen) atoms. The standard InChI is InChI=1S/C56H58O4/c1-36-32-49(56(58)50(33-36)54-43-22-8-4-18-39(43)35-40-19-5-9-23-44(40)54)46-25-11-13-29-52(46)60-31-15-30-59-51-28-12-10-24-45(51)47-26-14-27-48(55(47)57)53-41-20-6-2-16-37(41)34-38-17-3-7-21-42(38)53/h10-14,24-29,32-35,57-58H,2-9,15-23,30-31H2,1H3. The fourth-order valence-corrected chi connectivity index (χ4v) is 11.1. The predicted octanol–water partition coefficient (Wildman–Crippen LogP) is 13.4. The molecule has 0 atom stereocenters. The van der Waals surface area contributed by atoms with E-state index in [-0.39, 0.29) is 0 Å². The van der Waals surface area contributed by atoms with Crippen molar-refractivity contribution in [2.24, 2.45) is 0 Å². The third kappa shape index (κ3) is 7.27. The quantitative estimate of drug-likeness (QED) is 0.136. The van der Waals surface area contributed by atoms with Gasteiger partial charge in [-0.2, -0.15) is 0 Å². The van der Waals surface area contributed by atoms with Gasteiger partial charge < -0.3 is 19.7 Å². The Hall–Kier alpha value is -5.48. The molecule has 0 heterocycles. The van der Waals surface area contributed by atoms with Crippen LogP contribution in [-0.4, -0.2) is 23.4 Å². The highest BCUT2D eigenvalue weighted by atomic mass is 16.5. The second kappa shape index (κ2) is 16.9. The molecular weight excluding hydrogens is 737 g/mol. The number of phenolic OH excluding ortho intramolecular Hbond substituents is 2. The van der Waals surface area contributed by atoms with Crippen LogP contribution in [0.3, 0.4) is 0 Å². The van der Waals surface area contributed by atoms with E-state index in [2.05, 4.69) is 55.5 Å². The number of fused-ring (bicyclic) bond motifs is 4. The van der Waals surface area contributed by atoms with Crippen LogP contribution >= 0.6 is 0 Å². The van der Waals surface area contributed by atoms with Crippen LogP contribution in [0.5, 0.6) is 23.0 Å². The molecule has 0 aromatic heterocycles. The molecule has 0 radical (unpaired) electrons. The molecule has 306 valence electrons. The summed E-state index contributed by atoms with van der Waals surface area (Å²) in [5.74, 6) is 2.20. The highest BCUT2D eigenvalue weighted by molar-refractivity contribution is 5.89. The Morgan fingerprint density at radius 2 is 0.783 bits per heavy atom. The zero-order chi connectivity index (χ0) is 40.6. The van der Waals surface area contributed by atoms with Crippen molar-refractivity contribution in [1.29, 1.82) is 0 Å². The maximum atomic E-state index is 12.2. The second-order valence-electron chi connectivity index (χ2n) is 17.8. The van der Waals surface area contributed by atoms with Crippen LogP contribution in [0.2, 0.25) is 0 Å². The van der Waals surface area contributed by atoms with E-state index in [1.165, 1.54) is 107 Å². The molecule has 0 saturated heterocycles. The monoisotopic (exact) mass is 794 g/mol. The Kier molecular flexibility index (Phi) is 10.9. The van der Waals surface area contributed by atoms with E-state index >= 15 is 0 Å². The van der Waals surface area contributed by atoms with Crippen LogP contribution in [0.15, 0.2) is 91.0 Å². The van der Waals surface area contributed by atoms with Gasteiger partial charge in [0.05, 0.1) is 13.2 Å². The first kappa shape index (κ1) is 38.7. The molecule has 0 saturated carbocycles. The highest BCUT2D eigenvalue weighted by Crippen LogP contribution is 2.49. The first-order chi connectivity index (χ1) is 29.5. The van der Waals surface area contributed by atoms with E-state index in [1.807, 2.05) is 42.5 Å². The van der Waals surface area contributed by atoms with Gasteiger partial charge in [0.15, 0.2) is 0 Å². The molecule has 6 aromatic rings. The van der Waals surface area contributed by atoms with E-state index in [4.69, 9.17) is 9.47 Å². The number of benzene rings is 6. The van der Waals surface area contributed by atoms with E-state index in [0.717, 1.165) is 102 Å². The second-order valence-corrected chi connectivity index (χ2v) is 17.8. The SMILES string of the molecule is Cc1cc(-c2ccccc2OCCCOc2ccccc2-c2cccc(-c3c4c(cc5c3CCCC5)CCCC4)c2O)c(O)c(-c2c3c(cc4c2CCCC4)CCCC3)c1. The maximum Gasteiger partial charge on any atom is 0.131 e. The highest BCUT2D eigenvalue weighted by Gasteiger charge is 2.28. The summed E-state index contributed by atoms with van der Waals surface area (Å²) in [6.07, 6.45) is 19.3. The van der Waals surface area contributed by atoms with Gasteiger partial charge >= 0.3 is 0 Å². The van der Waals surface area contributed by atoms with Crippen molar-refractivity contribution in [1.82, 2.24) is 0 Å². The summed E-state index contributed by atoms with van der Waals surface area (Å²) in [6, 6.07) is 31.7. The van der Waals surface area contributed by atoms with E-state index in [9.17, 15) is 10.2 Å². The Bertz CT molecular complexity index is 2510. The summed E-state index contributed by atoms with van der Waals surface area (Å²) in [5, 5.41) is 24.3. The fraction of sp³-hybridized carbons (Fsp3) is 0.357. The topological polar surface area (TPSA) is 58.9 Å². The van der Waals surface area contributed by atoms with Gasteiger partial charge in [-0.1, -0.05) is 66.7 Å². The zero-order valence-electron chi connectivity index (χ0n) is 35.3. The lowest BCUT2D eigenvalue weighted by molar-refractivity contribution is 0.248. The van der Waals surface area contributed by atoms with Crippen LogP contribution < -0.4 is 9.47 Å². The largest absolute Gasteiger partial charge is 0.507 e. The van der Waals surface area contributed by atoms with E-state index < -0.39 is 0 Å². The Morgan fingerprint density at radius 1 is 0.400 bits per heavy atom. The van der Waals surface area contributed by atoms with Gasteiger partial charge in [-0.25, -0.2) is 0 Å². The Morgan fingerprint density at radius 3 is 1.30 bits per heavy atom. The molecule has 4 nitrogen and oxygen atoms in total. The van der Waals surface area contributed by atoms with Gasteiger partial charge in [0.25, 0.3) is 0 Å². The average molecular weight is 795 g/mol. The smallest absolute Gasteiger partial charge is 0.131 e. The molecule has 4 aliphatic carbocycles. The average Bonchev–Trinajstić information content (AvgIpc) is 3.28. The number of rotatable bonds is 10. The molecule has 0 bridgehead atoms. The van der Waals surface area contributed by atoms with Gasteiger partial charge in [0, 0.05) is 39.8 Å². The Balaban J connectivity index is 0.882. The zero-order valence-corrected chi connectivity index (χ0v) is 35.3. The van der Waals surface area contributed by atoms with Crippen molar-refractivity contribution >= 4 is 0 Å². The molecule has 2 N–H and O–H groups in total. The molecule has 0 fully saturated rings. The molecule has 0 spiro atoms. The Labute approximate surface area is 356 Å². The van der Waals surface area contributed by atoms with Gasteiger partial charge in [0.1, 0.15) is 23.0 Å². The number of hydrogen-bond acceptors (Lipinski definition) is 4. The van der Waals surface area contributed by atoms with E-state index in [0.29, 0.717) is 31.1 Å². The van der Waals surface area contributed by atoms with Gasteiger partial charge in [-0.3, -0.25) is 0 Å². The normalized spacial score (nSPS) is 15.7. The number of aryl methyl sites for hydroxylation is 5. The van der Waals surface area contributed by atoms with Gasteiger partial charge in [-0.05, 0) is 195 Å². The molecule has 4 heteroatoms. The van der Waals surface area contributed by atoms with Crippen molar-refractivity contribution in [2.75, 3.05) is 13.2 Å². The van der Waals surface area contributed by atoms with Crippen molar-refractivity contribution in [3.05, 3.63) is 141 Å². The molecule has 0 amide bonds. The first-order valence-corrected chi connectivity index (χ1v) is 23.0. The number of hydrogen-bond donors (Lipinski definition) is 2. The van der Waals surface area contributed by atoms with Crippen LogP contribution in [0.1, 0.15) is 108 Å². The molecular formula is C56H58O4. The van der Waals surface area contributed by atoms with Gasteiger partial charge in [0.2, 0.25) is 0 Å². The molecule has 10 rings (SSSR count). The summed E-state index contributed by atoms with van der Waals surface area (Å²) in [6.45, 7) is 3.07. The van der Waals surface area contributed by atoms with Crippen molar-refractivity contribution in [3.63, 3.8) is 0 Å². The summed E-state index contributed by atoms with van der Waals surface area (Å²) >= 11 is 0. The lowest BCUT2D eigenvalue weighted by Gasteiger charge is -2.28. The van der Waals surface area contributed by atoms with Crippen LogP contribution in [0, 0.1) is 6.92 Å². The van der Waals surface area contributed by atoms with Crippen molar-refractivity contribution < 1.29 is 19.7 Å². The molecule has 6 aromatic carbocycles. The van der Waals surface area contributed by atoms with Crippen molar-refractivity contribution in [3.8, 4) is 67.5 Å². The minimum atomic E-state index is 0.342. The molecule has 0 aliphatic heterocycles. The lowest BCUT2D eigenvalue weighted by Crippen LogP contribution is -2.13. The summed E-state index contributed by atoms with van der Waals surface area (Å²) < 4.78 is 13.0. The van der Waals surface area contributed by atoms with Gasteiger partial charge in [-0.15, -0.1) is 0 Å². The van der Waals surface area contributed by atoms with E-state index in [1.54, 1.807) is 0 Å². The summed E-state index contributed by atoms with van der Waals surface area (Å²) in [5.41, 5.74) is 20.9. The summed E-state index contributed by atoms with van der Waals surface area (Å²) in [4.78, 5) is 0. The maximum absolute atomic E-state index is 12.2. The number of aromatic hydroxyl groups is 2. The summed E-state index contributed by atoms with van der Waals surface area (Å²) in [7, 11) is 0. The third-order valence-corrected chi connectivity index (χ3v) is 13.9.